The normalized spacial score (nSPS) is 20.6. The third kappa shape index (κ3) is 6.27. The molecule has 0 saturated carbocycles. The highest BCUT2D eigenvalue weighted by atomic mass is 79.9. The number of benzene rings is 4. The standard InChI is InChI=1S/C36H31BrN2O6S/c37-21-24-16-18-27(19-17-24)45-22-28-32(36(42)43)39-34(41)31(38-29(40)20-23-10-4-1-5-11-23)35(39)46(44)33(28)30(25-12-6-2-7-13-25)26-14-8-3-9-15-26/h1-19,30-31,33,35H,20-22H2,(H,38,40)(H,42,43)/t31-,33?,35-,46+/m1/s1. The van der Waals surface area contributed by atoms with Crippen LogP contribution in [0, 0.1) is 0 Å². The van der Waals surface area contributed by atoms with Crippen molar-refractivity contribution in [2.75, 3.05) is 6.61 Å². The second kappa shape index (κ2) is 13.8. The van der Waals surface area contributed by atoms with E-state index in [1.165, 1.54) is 0 Å². The molecule has 46 heavy (non-hydrogen) atoms. The lowest BCUT2D eigenvalue weighted by atomic mass is 9.84. The summed E-state index contributed by atoms with van der Waals surface area (Å²) in [5.41, 5.74) is 3.44. The Labute approximate surface area is 277 Å². The molecular formula is C36H31BrN2O6S. The second-order valence-electron chi connectivity index (χ2n) is 11.1. The average molecular weight is 700 g/mol. The van der Waals surface area contributed by atoms with Crippen molar-refractivity contribution in [3.05, 3.63) is 149 Å². The number of ether oxygens (including phenoxy) is 1. The molecule has 4 atom stereocenters. The van der Waals surface area contributed by atoms with Crippen LogP contribution in [0.4, 0.5) is 0 Å². The maximum Gasteiger partial charge on any atom is 0.352 e. The van der Waals surface area contributed by atoms with Gasteiger partial charge in [-0.05, 0) is 34.4 Å². The number of carbonyl (C=O) groups is 3. The van der Waals surface area contributed by atoms with E-state index in [0.29, 0.717) is 11.1 Å². The number of nitrogens with zero attached hydrogens (tertiary/aromatic N) is 1. The Hall–Kier alpha value is -4.54. The molecule has 2 aliphatic rings. The van der Waals surface area contributed by atoms with Gasteiger partial charge < -0.3 is 15.2 Å². The van der Waals surface area contributed by atoms with E-state index in [9.17, 15) is 23.7 Å². The Morgan fingerprint density at radius 3 is 1.96 bits per heavy atom. The minimum atomic E-state index is -1.86. The molecule has 2 aliphatic heterocycles. The fraction of sp³-hybridized carbons (Fsp3) is 0.194. The van der Waals surface area contributed by atoms with Crippen LogP contribution in [0.15, 0.2) is 127 Å². The quantitative estimate of drug-likeness (QED) is 0.165. The fourth-order valence-corrected chi connectivity index (χ4v) is 8.67. The summed E-state index contributed by atoms with van der Waals surface area (Å²) in [7, 11) is -1.86. The monoisotopic (exact) mass is 698 g/mol. The Balaban J connectivity index is 1.43. The molecule has 2 amide bonds. The number of amides is 2. The van der Waals surface area contributed by atoms with E-state index in [0.717, 1.165) is 27.2 Å². The van der Waals surface area contributed by atoms with Gasteiger partial charge in [-0.3, -0.25) is 18.7 Å². The first-order chi connectivity index (χ1) is 22.4. The number of carbonyl (C=O) groups excluding carboxylic acids is 2. The lowest BCUT2D eigenvalue weighted by Gasteiger charge is -2.52. The van der Waals surface area contributed by atoms with Crippen LogP contribution in [0.25, 0.3) is 0 Å². The van der Waals surface area contributed by atoms with Gasteiger partial charge in [0.25, 0.3) is 5.91 Å². The number of carboxylic acids is 1. The summed E-state index contributed by atoms with van der Waals surface area (Å²) in [6, 6.07) is 34.3. The average Bonchev–Trinajstić information content (AvgIpc) is 3.08. The Kier molecular flexibility index (Phi) is 9.46. The first kappa shape index (κ1) is 31.4. The van der Waals surface area contributed by atoms with Crippen molar-refractivity contribution in [1.82, 2.24) is 10.2 Å². The Bertz CT molecular complexity index is 1740. The molecule has 0 spiro atoms. The number of hydrogen-bond acceptors (Lipinski definition) is 5. The van der Waals surface area contributed by atoms with Gasteiger partial charge in [-0.25, -0.2) is 4.79 Å². The molecule has 4 aromatic carbocycles. The van der Waals surface area contributed by atoms with Crippen molar-refractivity contribution >= 4 is 44.5 Å². The van der Waals surface area contributed by atoms with E-state index in [-0.39, 0.29) is 24.3 Å². The molecular weight excluding hydrogens is 668 g/mol. The number of nitrogens with one attached hydrogen (secondary N) is 1. The van der Waals surface area contributed by atoms with Crippen LogP contribution in [0.1, 0.15) is 28.2 Å². The maximum atomic E-state index is 14.8. The van der Waals surface area contributed by atoms with Crippen molar-refractivity contribution in [2.45, 2.75) is 34.3 Å². The highest BCUT2D eigenvalue weighted by Gasteiger charge is 2.61. The summed E-state index contributed by atoms with van der Waals surface area (Å²) < 4.78 is 21.0. The Morgan fingerprint density at radius 1 is 0.848 bits per heavy atom. The van der Waals surface area contributed by atoms with Gasteiger partial charge in [-0.2, -0.15) is 0 Å². The third-order valence-electron chi connectivity index (χ3n) is 8.24. The lowest BCUT2D eigenvalue weighted by Crippen LogP contribution is -2.75. The third-order valence-corrected chi connectivity index (χ3v) is 10.9. The van der Waals surface area contributed by atoms with Gasteiger partial charge >= 0.3 is 5.97 Å². The van der Waals surface area contributed by atoms with E-state index < -0.39 is 51.2 Å². The zero-order valence-corrected chi connectivity index (χ0v) is 27.0. The molecule has 1 unspecified atom stereocenters. The topological polar surface area (TPSA) is 113 Å². The van der Waals surface area contributed by atoms with Gasteiger partial charge in [0.05, 0.1) is 22.5 Å². The molecule has 234 valence electrons. The van der Waals surface area contributed by atoms with Gasteiger partial charge in [-0.1, -0.05) is 119 Å². The van der Waals surface area contributed by atoms with Crippen LogP contribution >= 0.6 is 15.9 Å². The summed E-state index contributed by atoms with van der Waals surface area (Å²) in [6.07, 6.45) is 0.0264. The summed E-state index contributed by atoms with van der Waals surface area (Å²) in [5, 5.41) is 12.1. The molecule has 6 rings (SSSR count). The number of hydrogen-bond donors (Lipinski definition) is 2. The molecule has 1 fully saturated rings. The molecule has 2 heterocycles. The summed E-state index contributed by atoms with van der Waals surface area (Å²) >= 11 is 3.43. The molecule has 0 bridgehead atoms. The first-order valence-corrected chi connectivity index (χ1v) is 17.2. The van der Waals surface area contributed by atoms with Gasteiger partial charge in [0, 0.05) is 16.8 Å². The van der Waals surface area contributed by atoms with E-state index in [1.54, 1.807) is 24.3 Å². The van der Waals surface area contributed by atoms with Crippen molar-refractivity contribution < 1.29 is 28.4 Å². The van der Waals surface area contributed by atoms with E-state index in [4.69, 9.17) is 4.74 Å². The zero-order valence-electron chi connectivity index (χ0n) is 24.6. The number of fused-ring (bicyclic) bond motifs is 1. The van der Waals surface area contributed by atoms with Crippen molar-refractivity contribution in [2.24, 2.45) is 0 Å². The molecule has 0 aromatic heterocycles. The van der Waals surface area contributed by atoms with Crippen LogP contribution in [-0.4, -0.2) is 55.3 Å². The van der Waals surface area contributed by atoms with E-state index in [2.05, 4.69) is 21.2 Å². The SMILES string of the molecule is O=C(Cc1ccccc1)N[C@@H]1C(=O)N2C(C(=O)O)=C(COc3ccc(CBr)cc3)C(C(c3ccccc3)c3ccccc3)[S@](=O)[C@H]12. The number of aliphatic carboxylic acids is 1. The van der Waals surface area contributed by atoms with Crippen molar-refractivity contribution in [1.29, 1.82) is 0 Å². The van der Waals surface area contributed by atoms with E-state index >= 15 is 0 Å². The molecule has 0 radical (unpaired) electrons. The highest BCUT2D eigenvalue weighted by Crippen LogP contribution is 2.45. The van der Waals surface area contributed by atoms with Crippen LogP contribution in [0.2, 0.25) is 0 Å². The van der Waals surface area contributed by atoms with Crippen LogP contribution in [0.3, 0.4) is 0 Å². The predicted molar refractivity (Wildman–Crippen MR) is 179 cm³/mol. The number of halogens is 1. The molecule has 4 aromatic rings. The molecule has 10 heteroatoms. The van der Waals surface area contributed by atoms with Crippen molar-refractivity contribution in [3.63, 3.8) is 0 Å². The summed E-state index contributed by atoms with van der Waals surface area (Å²) in [4.78, 5) is 40.7. The minimum absolute atomic E-state index is 0.0264. The zero-order chi connectivity index (χ0) is 32.2. The minimum Gasteiger partial charge on any atom is -0.489 e. The van der Waals surface area contributed by atoms with E-state index in [1.807, 2.05) is 91.0 Å². The predicted octanol–water partition coefficient (Wildman–Crippen LogP) is 5.16. The number of rotatable bonds is 11. The molecule has 0 aliphatic carbocycles. The lowest BCUT2D eigenvalue weighted by molar-refractivity contribution is -0.151. The summed E-state index contributed by atoms with van der Waals surface area (Å²) in [5.74, 6) is -2.40. The van der Waals surface area contributed by atoms with Crippen molar-refractivity contribution in [3.8, 4) is 5.75 Å². The van der Waals surface area contributed by atoms with Crippen LogP contribution in [0.5, 0.6) is 5.75 Å². The fourth-order valence-electron chi connectivity index (χ4n) is 6.08. The summed E-state index contributed by atoms with van der Waals surface area (Å²) in [6.45, 7) is -0.205. The second-order valence-corrected chi connectivity index (χ2v) is 13.3. The first-order valence-electron chi connectivity index (χ1n) is 14.8. The van der Waals surface area contributed by atoms with Gasteiger partial charge in [0.15, 0.2) is 0 Å². The molecule has 1 saturated heterocycles. The van der Waals surface area contributed by atoms with Crippen LogP contribution < -0.4 is 10.1 Å². The number of alkyl halides is 1. The van der Waals surface area contributed by atoms with Crippen LogP contribution in [-0.2, 0) is 36.9 Å². The van der Waals surface area contributed by atoms with Gasteiger partial charge in [-0.15, -0.1) is 0 Å². The van der Waals surface area contributed by atoms with Gasteiger partial charge in [0.2, 0.25) is 5.91 Å². The molecule has 8 nitrogen and oxygen atoms in total. The maximum absolute atomic E-state index is 14.8. The number of carboxylic acid groups (broad SMARTS) is 1. The molecule has 2 N–H and O–H groups in total. The largest absolute Gasteiger partial charge is 0.489 e. The number of β-lactam (4-membered cyclic amide) rings is 1. The van der Waals surface area contributed by atoms with Gasteiger partial charge in [0.1, 0.15) is 29.5 Å². The highest BCUT2D eigenvalue weighted by molar-refractivity contribution is 9.08. The Morgan fingerprint density at radius 2 is 1.41 bits per heavy atom. The smallest absolute Gasteiger partial charge is 0.352 e.